The highest BCUT2D eigenvalue weighted by atomic mass is 35.5. The third-order valence-corrected chi connectivity index (χ3v) is 14.9. The van der Waals surface area contributed by atoms with Crippen LogP contribution in [0.4, 0.5) is 20.9 Å². The smallest absolute Gasteiger partial charge is 0.266 e. The highest BCUT2D eigenvalue weighted by Crippen LogP contribution is 2.39. The topological polar surface area (TPSA) is 249 Å². The Morgan fingerprint density at radius 3 is 2.35 bits per heavy atom. The number of nitrogens with one attached hydrogen (secondary N) is 5. The Hall–Kier alpha value is -6.85. The van der Waals surface area contributed by atoms with E-state index in [1.54, 1.807) is 42.5 Å². The van der Waals surface area contributed by atoms with Crippen molar-refractivity contribution in [1.82, 2.24) is 40.2 Å². The van der Waals surface area contributed by atoms with Crippen LogP contribution in [0.1, 0.15) is 71.2 Å². The summed E-state index contributed by atoms with van der Waals surface area (Å²) in [6.07, 6.45) is 12.2. The van der Waals surface area contributed by atoms with Gasteiger partial charge in [0, 0.05) is 79.2 Å². The van der Waals surface area contributed by atoms with E-state index in [2.05, 4.69) is 45.3 Å². The molecular weight excluding hydrogens is 991 g/mol. The van der Waals surface area contributed by atoms with Crippen LogP contribution in [0.5, 0.6) is 0 Å². The number of amides is 4. The molecule has 1 aliphatic heterocycles. The lowest BCUT2D eigenvalue weighted by molar-refractivity contribution is -0.128. The van der Waals surface area contributed by atoms with Crippen molar-refractivity contribution >= 4 is 73.3 Å². The zero-order valence-electron chi connectivity index (χ0n) is 39.0. The first-order valence-electron chi connectivity index (χ1n) is 23.2. The molecule has 4 aromatic heterocycles. The van der Waals surface area contributed by atoms with Crippen molar-refractivity contribution in [3.63, 3.8) is 0 Å². The maximum Gasteiger partial charge on any atom is 0.266 e. The zero-order chi connectivity index (χ0) is 50.6. The molecular formula is C49H52ClFN10O9S2. The van der Waals surface area contributed by atoms with Gasteiger partial charge in [-0.3, -0.25) is 33.9 Å². The summed E-state index contributed by atoms with van der Waals surface area (Å²) in [5.41, 5.74) is 4.83. The van der Waals surface area contributed by atoms with Gasteiger partial charge in [-0.05, 0) is 79.1 Å². The van der Waals surface area contributed by atoms with E-state index in [0.29, 0.717) is 73.8 Å². The Labute approximate surface area is 423 Å². The van der Waals surface area contributed by atoms with E-state index in [4.69, 9.17) is 25.5 Å². The molecule has 8 rings (SSSR count). The van der Waals surface area contributed by atoms with Gasteiger partial charge < -0.3 is 40.1 Å². The van der Waals surface area contributed by atoms with Gasteiger partial charge in [-0.2, -0.15) is 4.37 Å². The van der Waals surface area contributed by atoms with Crippen LogP contribution in [0.25, 0.3) is 11.1 Å². The molecule has 2 fully saturated rings. The number of aromatic nitrogens is 4. The third kappa shape index (κ3) is 13.0. The van der Waals surface area contributed by atoms with E-state index >= 15 is 4.39 Å². The number of pyridine rings is 2. The van der Waals surface area contributed by atoms with Crippen molar-refractivity contribution < 1.29 is 45.9 Å². The molecule has 5 N–H and O–H groups in total. The number of sulfonamides is 1. The van der Waals surface area contributed by atoms with Crippen LogP contribution >= 0.6 is 23.1 Å². The lowest BCUT2D eigenvalue weighted by Gasteiger charge is -2.28. The van der Waals surface area contributed by atoms with Crippen LogP contribution in [0.2, 0.25) is 5.02 Å². The second kappa shape index (κ2) is 24.0. The average Bonchev–Trinajstić information content (AvgIpc) is 4.18. The number of hydrogen-bond acceptors (Lipinski definition) is 15. The van der Waals surface area contributed by atoms with Crippen LogP contribution < -0.4 is 26.0 Å². The highest BCUT2D eigenvalue weighted by Gasteiger charge is 2.42. The van der Waals surface area contributed by atoms with E-state index in [9.17, 15) is 27.6 Å². The second-order valence-corrected chi connectivity index (χ2v) is 20.0. The number of nitrogens with zero attached hydrogens (tertiary/aromatic N) is 5. The monoisotopic (exact) mass is 1040 g/mol. The lowest BCUT2D eigenvalue weighted by Crippen LogP contribution is -2.36. The molecule has 1 saturated heterocycles. The van der Waals surface area contributed by atoms with Crippen molar-refractivity contribution in [3.05, 3.63) is 131 Å². The Kier molecular flexibility index (Phi) is 17.2. The number of rotatable bonds is 22. The quantitative estimate of drug-likeness (QED) is 0.0449. The number of anilines is 3. The molecule has 378 valence electrons. The molecule has 1 saturated carbocycles. The fourth-order valence-electron chi connectivity index (χ4n) is 8.78. The van der Waals surface area contributed by atoms with Crippen LogP contribution in [-0.2, 0) is 40.4 Å². The SMILES string of the molecule is CN1C(=O)C[C@H](C(=O)NCCOCCOCCNC(=O)c2ccc(C3CCC(C(=O)NCc4cc(-c5ccoc5)c(Nc5cc(F)c(S(=O)(=O)Nc6ncns6)cc5Cl)cn4)CC3)cc2)[C@H]1c1cccnc1. The van der Waals surface area contributed by atoms with Gasteiger partial charge in [0.05, 0.1) is 85.7 Å². The van der Waals surface area contributed by atoms with Gasteiger partial charge in [0.25, 0.3) is 15.9 Å². The predicted octanol–water partition coefficient (Wildman–Crippen LogP) is 6.61. The van der Waals surface area contributed by atoms with E-state index in [-0.39, 0.29) is 76.9 Å². The minimum Gasteiger partial charge on any atom is -0.472 e. The minimum absolute atomic E-state index is 0.0265. The molecule has 2 aromatic carbocycles. The van der Waals surface area contributed by atoms with Gasteiger partial charge in [-0.1, -0.05) is 29.8 Å². The molecule has 72 heavy (non-hydrogen) atoms. The molecule has 5 heterocycles. The first-order valence-corrected chi connectivity index (χ1v) is 25.8. The Balaban J connectivity index is 0.722. The molecule has 1 aliphatic carbocycles. The largest absolute Gasteiger partial charge is 0.472 e. The fourth-order valence-corrected chi connectivity index (χ4v) is 10.8. The molecule has 2 atom stereocenters. The third-order valence-electron chi connectivity index (χ3n) is 12.5. The highest BCUT2D eigenvalue weighted by molar-refractivity contribution is 7.93. The number of furan rings is 1. The number of likely N-dealkylation sites (tertiary alicyclic amines) is 1. The van der Waals surface area contributed by atoms with E-state index in [0.717, 1.165) is 47.6 Å². The standard InChI is InChI=1S/C49H52ClFN10O9S2/c1-61-44(62)22-38(45(61)34-3-2-13-52-25-34)48(65)54-15-18-69-20-19-68-17-14-53-46(63)32-8-4-30(5-9-32)31-6-10-33(11-7-31)47(64)56-26-36-21-37(35-12-16-70-28-35)42(27-55-36)59-41-24-40(51)43(23-39(41)50)72(66,67)60-49-57-29-58-71-49/h2-5,8-9,12-13,16,21,23-25,27-29,31,33,38,45,59H,6-7,10-11,14-15,17-20,22,26H2,1H3,(H,53,63)(H,54,65)(H,56,64)(H,57,58,60)/t31?,33?,38-,45+/m0/s1. The predicted molar refractivity (Wildman–Crippen MR) is 265 cm³/mol. The number of carbonyl (C=O) groups is 4. The molecule has 0 bridgehead atoms. The Bertz CT molecular complexity index is 2930. The first-order chi connectivity index (χ1) is 34.8. The summed E-state index contributed by atoms with van der Waals surface area (Å²) in [6.45, 7) is 1.97. The maximum absolute atomic E-state index is 15.3. The van der Waals surface area contributed by atoms with Gasteiger partial charge >= 0.3 is 0 Å². The van der Waals surface area contributed by atoms with Crippen molar-refractivity contribution in [1.29, 1.82) is 0 Å². The van der Waals surface area contributed by atoms with E-state index in [1.165, 1.54) is 25.1 Å². The van der Waals surface area contributed by atoms with Crippen molar-refractivity contribution in [3.8, 4) is 11.1 Å². The van der Waals surface area contributed by atoms with Gasteiger partial charge in [0.15, 0.2) is 0 Å². The van der Waals surface area contributed by atoms with Gasteiger partial charge in [0.2, 0.25) is 22.9 Å². The summed E-state index contributed by atoms with van der Waals surface area (Å²) >= 11 is 7.27. The zero-order valence-corrected chi connectivity index (χ0v) is 41.4. The normalized spacial score (nSPS) is 17.9. The first kappa shape index (κ1) is 51.5. The fraction of sp³-hybridized carbons (Fsp3) is 0.347. The molecule has 0 unspecified atom stereocenters. The summed E-state index contributed by atoms with van der Waals surface area (Å²) in [5.74, 6) is -2.06. The molecule has 4 amide bonds. The summed E-state index contributed by atoms with van der Waals surface area (Å²) in [6, 6.07) is 16.3. The second-order valence-electron chi connectivity index (χ2n) is 17.2. The summed E-state index contributed by atoms with van der Waals surface area (Å²) < 4.78 is 63.4. The molecule has 19 nitrogen and oxygen atoms in total. The summed E-state index contributed by atoms with van der Waals surface area (Å²) in [7, 11) is -2.65. The van der Waals surface area contributed by atoms with Crippen molar-refractivity contribution in [2.75, 3.05) is 56.6 Å². The Morgan fingerprint density at radius 1 is 0.889 bits per heavy atom. The lowest BCUT2D eigenvalue weighted by atomic mass is 9.78. The number of hydrogen-bond donors (Lipinski definition) is 5. The number of benzene rings is 2. The van der Waals surface area contributed by atoms with Crippen LogP contribution in [-0.4, -0.2) is 103 Å². The molecule has 23 heteroatoms. The van der Waals surface area contributed by atoms with E-state index < -0.39 is 26.7 Å². The van der Waals surface area contributed by atoms with E-state index in [1.807, 2.05) is 30.3 Å². The van der Waals surface area contributed by atoms with Crippen LogP contribution in [0.15, 0.2) is 107 Å². The van der Waals surface area contributed by atoms with Gasteiger partial charge in [-0.25, -0.2) is 17.8 Å². The average molecular weight is 1040 g/mol. The number of carbonyl (C=O) groups excluding carboxylic acids is 4. The molecule has 0 radical (unpaired) electrons. The maximum atomic E-state index is 15.3. The number of halogens is 2. The van der Waals surface area contributed by atoms with Crippen molar-refractivity contribution in [2.24, 2.45) is 11.8 Å². The summed E-state index contributed by atoms with van der Waals surface area (Å²) in [5, 5.41) is 11.7. The van der Waals surface area contributed by atoms with Crippen LogP contribution in [0.3, 0.4) is 0 Å². The molecule has 6 aromatic rings. The van der Waals surface area contributed by atoms with Gasteiger partial charge in [-0.15, -0.1) is 0 Å². The number of ether oxygens (including phenoxy) is 2. The minimum atomic E-state index is -4.35. The molecule has 0 spiro atoms. The van der Waals surface area contributed by atoms with Crippen molar-refractivity contribution in [2.45, 2.75) is 55.5 Å². The Morgan fingerprint density at radius 2 is 1.65 bits per heavy atom. The van der Waals surface area contributed by atoms with Crippen LogP contribution in [0, 0.1) is 17.7 Å². The summed E-state index contributed by atoms with van der Waals surface area (Å²) in [4.78, 5) is 64.9. The molecule has 2 aliphatic rings. The van der Waals surface area contributed by atoms with Gasteiger partial charge in [0.1, 0.15) is 17.0 Å².